The molecule has 0 fully saturated rings. The second-order valence-electron chi connectivity index (χ2n) is 10.1. The molecule has 4 aromatic carbocycles. The van der Waals surface area contributed by atoms with Crippen LogP contribution >= 0.6 is 33.6 Å². The third-order valence-corrected chi connectivity index (χ3v) is 13.1. The molecule has 0 radical (unpaired) electrons. The molecular weight excluding hydrogens is 625 g/mol. The fourth-order valence-electron chi connectivity index (χ4n) is 5.39. The molecule has 0 amide bonds. The predicted molar refractivity (Wildman–Crippen MR) is 179 cm³/mol. The van der Waals surface area contributed by atoms with E-state index in [0.717, 1.165) is 52.4 Å². The van der Waals surface area contributed by atoms with Crippen molar-refractivity contribution in [2.45, 2.75) is 24.8 Å². The lowest BCUT2D eigenvalue weighted by molar-refractivity contribution is -0.667. The quantitative estimate of drug-likeness (QED) is 0.0677. The highest BCUT2D eigenvalue weighted by molar-refractivity contribution is 8.31. The minimum Gasteiger partial charge on any atom is -0.286 e. The van der Waals surface area contributed by atoms with Crippen LogP contribution in [0.4, 0.5) is 5.69 Å². The zero-order valence-electron chi connectivity index (χ0n) is 23.5. The number of hydrogen-bond acceptors (Lipinski definition) is 8. The van der Waals surface area contributed by atoms with E-state index in [-0.39, 0.29) is 12.2 Å². The second-order valence-corrected chi connectivity index (χ2v) is 16.8. The molecule has 8 nitrogen and oxygen atoms in total. The van der Waals surface area contributed by atoms with E-state index in [2.05, 4.69) is 62.4 Å². The number of aromatic nitrogens is 1. The van der Waals surface area contributed by atoms with Crippen molar-refractivity contribution in [2.24, 2.45) is 0 Å². The molecule has 12 heteroatoms. The summed E-state index contributed by atoms with van der Waals surface area (Å²) in [6, 6.07) is 24.7. The minimum atomic E-state index is -4.07. The second kappa shape index (κ2) is 12.2. The Kier molecular flexibility index (Phi) is 8.55. The number of aryl methyl sites for hydroxylation is 1. The fraction of sp³-hybridized carbons (Fsp3) is 0.194. The number of benzene rings is 4. The molecule has 0 bridgehead atoms. The van der Waals surface area contributed by atoms with Gasteiger partial charge in [-0.2, -0.15) is 13.0 Å². The molecular formula is C31H31N2O6S4+. The number of fused-ring (bicyclic) bond motifs is 6. The molecule has 0 saturated carbocycles. The van der Waals surface area contributed by atoms with Crippen LogP contribution in [0.1, 0.15) is 18.4 Å². The molecule has 1 aliphatic heterocycles. The van der Waals surface area contributed by atoms with Crippen LogP contribution in [0.25, 0.3) is 37.8 Å². The van der Waals surface area contributed by atoms with Crippen LogP contribution in [0.15, 0.2) is 94.9 Å². The van der Waals surface area contributed by atoms with Crippen molar-refractivity contribution >= 4 is 87.2 Å². The van der Waals surface area contributed by atoms with Gasteiger partial charge in [0.2, 0.25) is 5.52 Å². The van der Waals surface area contributed by atoms with Crippen molar-refractivity contribution < 1.29 is 32.2 Å². The van der Waals surface area contributed by atoms with Crippen LogP contribution in [0.5, 0.6) is 0 Å². The summed E-state index contributed by atoms with van der Waals surface area (Å²) >= 11 is 3.26. The van der Waals surface area contributed by atoms with E-state index >= 15 is 0 Å². The Labute approximate surface area is 260 Å². The van der Waals surface area contributed by atoms with Gasteiger partial charge in [-0.3, -0.25) is 8.86 Å². The maximum atomic E-state index is 11.5. The van der Waals surface area contributed by atoms with Crippen molar-refractivity contribution in [2.75, 3.05) is 22.1 Å². The smallest absolute Gasteiger partial charge is 0.265 e. The molecule has 1 aliphatic rings. The van der Waals surface area contributed by atoms with Crippen LogP contribution in [-0.4, -0.2) is 36.0 Å². The zero-order chi connectivity index (χ0) is 30.2. The average Bonchev–Trinajstić information content (AvgIpc) is 3.55. The highest BCUT2D eigenvalue weighted by Crippen LogP contribution is 2.63. The fourth-order valence-corrected chi connectivity index (χ4v) is 10.2. The predicted octanol–water partition coefficient (Wildman–Crippen LogP) is 7.95. The molecule has 0 aliphatic carbocycles. The molecule has 1 unspecified atom stereocenters. The molecule has 1 atom stereocenters. The van der Waals surface area contributed by atoms with Gasteiger partial charge in [0.15, 0.2) is 6.54 Å². The van der Waals surface area contributed by atoms with E-state index in [0.29, 0.717) is 12.3 Å². The van der Waals surface area contributed by atoms with Crippen LogP contribution < -0.4 is 8.87 Å². The number of thioether (sulfide) groups is 1. The van der Waals surface area contributed by atoms with E-state index in [1.807, 2.05) is 55.7 Å². The lowest BCUT2D eigenvalue weighted by Crippen LogP contribution is -2.36. The van der Waals surface area contributed by atoms with Gasteiger partial charge in [-0.15, -0.1) is 4.33 Å². The number of allylic oxidation sites excluding steroid dienone is 2. The lowest BCUT2D eigenvalue weighted by atomic mass is 10.1. The van der Waals surface area contributed by atoms with Crippen LogP contribution in [-0.2, 0) is 26.0 Å². The molecule has 0 spiro atoms. The Hall–Kier alpha value is -2.94. The summed E-state index contributed by atoms with van der Waals surface area (Å²) in [6.07, 6.45) is 8.29. The van der Waals surface area contributed by atoms with Crippen molar-refractivity contribution in [3.63, 3.8) is 0 Å². The molecule has 5 aromatic rings. The van der Waals surface area contributed by atoms with Gasteiger partial charge in [0.1, 0.15) is 4.70 Å². The maximum absolute atomic E-state index is 11.5. The SMILES string of the molecule is CCS(C)(OOO)N1C(=CC=Cc2sc3ccc4ccccc4c3[n+]2CCCS(=O)(=O)O)Sc2ccc3ccccc3c21. The molecule has 43 heavy (non-hydrogen) atoms. The van der Waals surface area contributed by atoms with Crippen molar-refractivity contribution in [1.29, 1.82) is 0 Å². The summed E-state index contributed by atoms with van der Waals surface area (Å²) < 4.78 is 43.2. The van der Waals surface area contributed by atoms with E-state index in [9.17, 15) is 18.2 Å². The topological polar surface area (TPSA) is 100 Å². The lowest BCUT2D eigenvalue weighted by Gasteiger charge is -2.41. The van der Waals surface area contributed by atoms with Gasteiger partial charge in [0.25, 0.3) is 15.1 Å². The Balaban J connectivity index is 1.44. The van der Waals surface area contributed by atoms with Gasteiger partial charge in [0.05, 0.1) is 21.9 Å². The van der Waals surface area contributed by atoms with Crippen molar-refractivity contribution in [3.05, 3.63) is 95.0 Å². The molecule has 1 aromatic heterocycles. The third-order valence-electron chi connectivity index (χ3n) is 7.46. The maximum Gasteiger partial charge on any atom is 0.265 e. The normalized spacial score (nSPS) is 16.9. The van der Waals surface area contributed by atoms with Crippen LogP contribution in [0.2, 0.25) is 0 Å². The van der Waals surface area contributed by atoms with Gasteiger partial charge >= 0.3 is 0 Å². The van der Waals surface area contributed by atoms with E-state index in [1.165, 1.54) is 0 Å². The Bertz CT molecular complexity index is 2010. The Morgan fingerprint density at radius 2 is 1.67 bits per heavy atom. The van der Waals surface area contributed by atoms with Gasteiger partial charge in [-0.25, -0.2) is 5.26 Å². The molecule has 2 N–H and O–H groups in total. The first kappa shape index (κ1) is 30.1. The first-order chi connectivity index (χ1) is 20.7. The van der Waals surface area contributed by atoms with Crippen LogP contribution in [0.3, 0.4) is 0 Å². The van der Waals surface area contributed by atoms with E-state index < -0.39 is 20.6 Å². The molecule has 224 valence electrons. The monoisotopic (exact) mass is 655 g/mol. The molecule has 0 saturated heterocycles. The standard InChI is InChI=1S/C31H30N2O6S4/c1-3-42(2,39-38-34)33-29(41-27-19-17-23-11-5-7-13-25(23)31(27)33)15-8-14-28-32(20-9-21-43(35,36)37)30-24-12-6-4-10-22(24)16-18-26(30)40-28/h4-8,10-19H,3,9,20-21H2,1-2H3,(H-,34,35,36,37)/p+1. The van der Waals surface area contributed by atoms with Gasteiger partial charge in [-0.1, -0.05) is 95.7 Å². The Morgan fingerprint density at radius 3 is 2.40 bits per heavy atom. The number of thiazole rings is 1. The number of anilines is 1. The highest BCUT2D eigenvalue weighted by atomic mass is 32.3. The number of nitrogens with zero attached hydrogens (tertiary/aromatic N) is 2. The first-order valence-electron chi connectivity index (χ1n) is 13.7. The summed E-state index contributed by atoms with van der Waals surface area (Å²) in [5.74, 6) is 0.299. The molecule has 2 heterocycles. The largest absolute Gasteiger partial charge is 0.286 e. The summed E-state index contributed by atoms with van der Waals surface area (Å²) in [6.45, 7) is 2.44. The summed E-state index contributed by atoms with van der Waals surface area (Å²) in [7, 11) is -6.15. The highest BCUT2D eigenvalue weighted by Gasteiger charge is 2.38. The summed E-state index contributed by atoms with van der Waals surface area (Å²) in [5, 5.41) is 19.9. The third kappa shape index (κ3) is 5.94. The van der Waals surface area contributed by atoms with Gasteiger partial charge < -0.3 is 0 Å². The number of rotatable bonds is 10. The summed E-state index contributed by atoms with van der Waals surface area (Å²) in [5.41, 5.74) is 2.06. The molecule has 6 rings (SSSR count). The number of hydrogen-bond donors (Lipinski definition) is 2. The van der Waals surface area contributed by atoms with Crippen molar-refractivity contribution in [3.8, 4) is 0 Å². The minimum absolute atomic E-state index is 0.281. The first-order valence-corrected chi connectivity index (χ1v) is 19.0. The average molecular weight is 656 g/mol. The van der Waals surface area contributed by atoms with E-state index in [4.69, 9.17) is 4.33 Å². The van der Waals surface area contributed by atoms with Crippen LogP contribution in [0, 0.1) is 0 Å². The summed E-state index contributed by atoms with van der Waals surface area (Å²) in [4.78, 5) is 1.08. The Morgan fingerprint density at radius 1 is 0.977 bits per heavy atom. The van der Waals surface area contributed by atoms with Gasteiger partial charge in [0, 0.05) is 34.8 Å². The van der Waals surface area contributed by atoms with Crippen molar-refractivity contribution in [1.82, 2.24) is 0 Å². The zero-order valence-corrected chi connectivity index (χ0v) is 26.8. The van der Waals surface area contributed by atoms with Gasteiger partial charge in [-0.05, 0) is 45.5 Å². The van der Waals surface area contributed by atoms with E-state index in [1.54, 1.807) is 23.1 Å².